The van der Waals surface area contributed by atoms with Gasteiger partial charge in [0.15, 0.2) is 0 Å². The van der Waals surface area contributed by atoms with Crippen LogP contribution in [0.5, 0.6) is 0 Å². The van der Waals surface area contributed by atoms with Crippen molar-refractivity contribution in [3.8, 4) is 0 Å². The Morgan fingerprint density at radius 1 is 0.633 bits per heavy atom. The lowest BCUT2D eigenvalue weighted by molar-refractivity contribution is -0.302. The van der Waals surface area contributed by atoms with Gasteiger partial charge in [-0.05, 0) is 25.2 Å². The molecule has 0 aromatic rings. The van der Waals surface area contributed by atoms with E-state index in [-0.39, 0.29) is 25.3 Å². The topological polar surface area (TPSA) is 200 Å². The molecule has 1 aliphatic heterocycles. The summed E-state index contributed by atoms with van der Waals surface area (Å²) in [7, 11) is 0. The van der Waals surface area contributed by atoms with Gasteiger partial charge in [-0.25, -0.2) is 0 Å². The first-order valence-electron chi connectivity index (χ1n) is 24.6. The number of ketones is 1. The van der Waals surface area contributed by atoms with Gasteiger partial charge in [-0.3, -0.25) is 24.1 Å². The van der Waals surface area contributed by atoms with Gasteiger partial charge in [0.1, 0.15) is 23.9 Å². The number of nitrogens with two attached hydrogens (primary N) is 1. The van der Waals surface area contributed by atoms with Crippen LogP contribution in [0.3, 0.4) is 0 Å². The van der Waals surface area contributed by atoms with Gasteiger partial charge in [0.2, 0.25) is 17.7 Å². The fourth-order valence-electron chi connectivity index (χ4n) is 8.62. The molecule has 60 heavy (non-hydrogen) atoms. The number of aliphatic carboxylic acids is 1. The van der Waals surface area contributed by atoms with Gasteiger partial charge in [-0.15, -0.1) is 0 Å². The van der Waals surface area contributed by atoms with Crippen molar-refractivity contribution in [3.63, 3.8) is 0 Å². The van der Waals surface area contributed by atoms with Gasteiger partial charge < -0.3 is 36.2 Å². The van der Waals surface area contributed by atoms with Crippen LogP contribution in [0.4, 0.5) is 0 Å². The molecule has 0 spiro atoms. The SMILES string of the molecule is CCCCCCCCCCCCCCCCCCN(C(=O)CCCCCCCCCCCCC)[C@]1(NC(=O)[C@@H](N)CC(C)C)O[C@H](CO)[C@@H](O)[C@H](O)[C@H]1C(=O)CCC(=O)O. The minimum Gasteiger partial charge on any atom is -0.481 e. The number of hydrogen-bond acceptors (Lipinski definition) is 9. The molecule has 1 rings (SSSR count). The van der Waals surface area contributed by atoms with Crippen molar-refractivity contribution in [1.82, 2.24) is 10.2 Å². The third-order valence-electron chi connectivity index (χ3n) is 12.2. The lowest BCUT2D eigenvalue weighted by atomic mass is 9.80. The Labute approximate surface area is 364 Å². The van der Waals surface area contributed by atoms with E-state index in [1.807, 2.05) is 13.8 Å². The highest BCUT2D eigenvalue weighted by molar-refractivity contribution is 5.89. The third kappa shape index (κ3) is 22.8. The van der Waals surface area contributed by atoms with Crippen LogP contribution >= 0.6 is 0 Å². The summed E-state index contributed by atoms with van der Waals surface area (Å²) in [5.74, 6) is -7.19. The van der Waals surface area contributed by atoms with Crippen LogP contribution in [-0.4, -0.2) is 92.2 Å². The Balaban J connectivity index is 3.17. The molecular weight excluding hydrogens is 763 g/mol. The van der Waals surface area contributed by atoms with E-state index in [1.165, 1.54) is 114 Å². The van der Waals surface area contributed by atoms with Gasteiger partial charge in [-0.1, -0.05) is 188 Å². The first-order valence-corrected chi connectivity index (χ1v) is 24.6. The summed E-state index contributed by atoms with van der Waals surface area (Å²) in [5, 5.41) is 45.2. The molecular formula is C48H91N3O9. The number of Topliss-reactive ketones (excluding diaryl/α,β-unsaturated/α-hetero) is 1. The predicted molar refractivity (Wildman–Crippen MR) is 240 cm³/mol. The lowest BCUT2D eigenvalue weighted by Gasteiger charge is -2.54. The average molecular weight is 854 g/mol. The monoisotopic (exact) mass is 854 g/mol. The first-order chi connectivity index (χ1) is 28.9. The number of nitrogens with one attached hydrogen (secondary N) is 1. The van der Waals surface area contributed by atoms with E-state index in [0.29, 0.717) is 12.8 Å². The largest absolute Gasteiger partial charge is 0.481 e. The molecule has 352 valence electrons. The minimum absolute atomic E-state index is 0.0310. The summed E-state index contributed by atoms with van der Waals surface area (Å²) in [6.45, 7) is 7.56. The Morgan fingerprint density at radius 3 is 1.45 bits per heavy atom. The third-order valence-corrected chi connectivity index (χ3v) is 12.2. The molecule has 1 aliphatic rings. The Hall–Kier alpha value is -2.12. The molecule has 7 N–H and O–H groups in total. The molecule has 0 saturated carbocycles. The van der Waals surface area contributed by atoms with E-state index >= 15 is 0 Å². The van der Waals surface area contributed by atoms with Crippen LogP contribution in [0.1, 0.15) is 227 Å². The van der Waals surface area contributed by atoms with E-state index < -0.39 is 79.1 Å². The Kier molecular flexibility index (Phi) is 32.0. The Morgan fingerprint density at radius 2 is 1.05 bits per heavy atom. The number of carbonyl (C=O) groups excluding carboxylic acids is 3. The molecule has 0 radical (unpaired) electrons. The zero-order valence-electron chi connectivity index (χ0n) is 38.7. The molecule has 0 aromatic carbocycles. The molecule has 1 heterocycles. The Bertz CT molecular complexity index is 1140. The lowest BCUT2D eigenvalue weighted by Crippen LogP contribution is -2.78. The van der Waals surface area contributed by atoms with Crippen LogP contribution in [0.25, 0.3) is 0 Å². The van der Waals surface area contributed by atoms with E-state index in [1.54, 1.807) is 0 Å². The van der Waals surface area contributed by atoms with Gasteiger partial charge in [0.05, 0.1) is 25.2 Å². The van der Waals surface area contributed by atoms with Gasteiger partial charge in [-0.2, -0.15) is 0 Å². The highest BCUT2D eigenvalue weighted by Gasteiger charge is 2.61. The maximum absolute atomic E-state index is 14.5. The molecule has 12 nitrogen and oxygen atoms in total. The summed E-state index contributed by atoms with van der Waals surface area (Å²) in [6, 6.07) is -1.06. The van der Waals surface area contributed by atoms with E-state index in [9.17, 15) is 39.6 Å². The van der Waals surface area contributed by atoms with Crippen molar-refractivity contribution in [2.24, 2.45) is 17.6 Å². The summed E-state index contributed by atoms with van der Waals surface area (Å²) >= 11 is 0. The van der Waals surface area contributed by atoms with Gasteiger partial charge in [0, 0.05) is 19.4 Å². The molecule has 1 saturated heterocycles. The van der Waals surface area contributed by atoms with Crippen molar-refractivity contribution >= 4 is 23.6 Å². The quantitative estimate of drug-likeness (QED) is 0.0256. The second-order valence-electron chi connectivity index (χ2n) is 18.2. The van der Waals surface area contributed by atoms with Crippen molar-refractivity contribution in [2.75, 3.05) is 13.2 Å². The maximum Gasteiger partial charge on any atom is 0.303 e. The molecule has 0 aliphatic carbocycles. The summed E-state index contributed by atoms with van der Waals surface area (Å²) in [4.78, 5) is 55.3. The normalized spacial score (nSPS) is 20.9. The summed E-state index contributed by atoms with van der Waals surface area (Å²) < 4.78 is 6.33. The smallest absolute Gasteiger partial charge is 0.303 e. The van der Waals surface area contributed by atoms with Crippen LogP contribution in [0, 0.1) is 11.8 Å². The second-order valence-corrected chi connectivity index (χ2v) is 18.2. The van der Waals surface area contributed by atoms with Crippen LogP contribution in [0.2, 0.25) is 0 Å². The number of carbonyl (C=O) groups is 4. The van der Waals surface area contributed by atoms with Crippen molar-refractivity contribution in [2.45, 2.75) is 257 Å². The van der Waals surface area contributed by atoms with Crippen LogP contribution in [0.15, 0.2) is 0 Å². The highest BCUT2D eigenvalue weighted by Crippen LogP contribution is 2.39. The molecule has 12 heteroatoms. The average Bonchev–Trinajstić information content (AvgIpc) is 3.21. The van der Waals surface area contributed by atoms with E-state index in [4.69, 9.17) is 10.5 Å². The standard InChI is InChI=1S/C48H91N3O9/c1-5-7-9-11-13-15-17-18-19-20-21-23-25-27-29-31-35-51(42(54)32-30-28-26-24-22-16-14-12-10-8-6-2)48(50-47(59)39(49)36-38(3)4)44(40(53)33-34-43(55)56)46(58)45(57)41(37-52)60-48/h38-39,41,44-46,52,57-58H,5-37,49H2,1-4H3,(H,50,59)(H,55,56)/t39-,41+,44+,45+,46+,48-/m0/s1. The first kappa shape index (κ1) is 55.9. The molecule has 1 fully saturated rings. The number of unbranched alkanes of at least 4 members (excludes halogenated alkanes) is 25. The molecule has 0 unspecified atom stereocenters. The molecule has 0 bridgehead atoms. The number of amides is 2. The number of ether oxygens (including phenoxy) is 1. The fraction of sp³-hybridized carbons (Fsp3) is 0.917. The fourth-order valence-corrected chi connectivity index (χ4v) is 8.62. The summed E-state index contributed by atoms with van der Waals surface area (Å²) in [6.07, 6.45) is 24.9. The number of carboxylic acids is 1. The van der Waals surface area contributed by atoms with Gasteiger partial charge in [0.25, 0.3) is 0 Å². The van der Waals surface area contributed by atoms with Crippen LogP contribution < -0.4 is 11.1 Å². The molecule has 6 atom stereocenters. The number of carboxylic acid groups (broad SMARTS) is 1. The number of aliphatic hydroxyl groups is 3. The number of hydrogen-bond donors (Lipinski definition) is 6. The summed E-state index contributed by atoms with van der Waals surface area (Å²) in [5.41, 5.74) is 6.34. The van der Waals surface area contributed by atoms with Crippen LogP contribution in [-0.2, 0) is 23.9 Å². The highest BCUT2D eigenvalue weighted by atomic mass is 16.6. The van der Waals surface area contributed by atoms with Crippen molar-refractivity contribution in [1.29, 1.82) is 0 Å². The van der Waals surface area contributed by atoms with Gasteiger partial charge >= 0.3 is 5.97 Å². The second kappa shape index (κ2) is 34.4. The maximum atomic E-state index is 14.5. The molecule has 2 amide bonds. The minimum atomic E-state index is -2.32. The predicted octanol–water partition coefficient (Wildman–Crippen LogP) is 9.08. The zero-order valence-corrected chi connectivity index (χ0v) is 38.7. The number of nitrogens with zero attached hydrogens (tertiary/aromatic N) is 1. The van der Waals surface area contributed by atoms with E-state index in [2.05, 4.69) is 19.2 Å². The number of rotatable bonds is 39. The zero-order chi connectivity index (χ0) is 44.6. The molecule has 0 aromatic heterocycles. The number of aliphatic hydroxyl groups excluding tert-OH is 3. The van der Waals surface area contributed by atoms with E-state index in [0.717, 1.165) is 51.4 Å². The van der Waals surface area contributed by atoms with Crippen molar-refractivity contribution in [3.05, 3.63) is 0 Å². The van der Waals surface area contributed by atoms with Crippen molar-refractivity contribution < 1.29 is 44.3 Å².